The quantitative estimate of drug-likeness (QED) is 0.496. The molecule has 0 aliphatic heterocycles. The Labute approximate surface area is 108 Å². The Balaban J connectivity index is 2.33. The smallest absolute Gasteiger partial charge is 0.188 e. The molecule has 0 fully saturated rings. The van der Waals surface area contributed by atoms with Crippen LogP contribution in [0.5, 0.6) is 0 Å². The minimum atomic E-state index is 0.132. The van der Waals surface area contributed by atoms with Gasteiger partial charge in [0.25, 0.3) is 0 Å². The van der Waals surface area contributed by atoms with Crippen molar-refractivity contribution in [3.63, 3.8) is 0 Å². The molecule has 0 amide bonds. The summed E-state index contributed by atoms with van der Waals surface area (Å²) in [6.07, 6.45) is 1.79. The second-order valence-electron chi connectivity index (χ2n) is 5.12. The first-order valence-electron chi connectivity index (χ1n) is 5.71. The van der Waals surface area contributed by atoms with E-state index in [2.05, 4.69) is 42.6 Å². The molecule has 0 aromatic carbocycles. The molecule has 1 rings (SSSR count). The Morgan fingerprint density at radius 3 is 2.76 bits per heavy atom. The number of aromatic nitrogens is 2. The maximum atomic E-state index is 4.34. The second kappa shape index (κ2) is 6.17. The number of thioether (sulfide) groups is 1. The number of hydrogen-bond donors (Lipinski definition) is 1. The minimum Gasteiger partial charge on any atom is -0.308 e. The number of rotatable bonds is 5. The Bertz CT molecular complexity index is 382. The van der Waals surface area contributed by atoms with Crippen molar-refractivity contribution in [1.29, 1.82) is 0 Å². The lowest BCUT2D eigenvalue weighted by Crippen LogP contribution is -2.37. The van der Waals surface area contributed by atoms with Crippen LogP contribution in [0.3, 0.4) is 0 Å². The fourth-order valence-corrected chi connectivity index (χ4v) is 1.88. The third kappa shape index (κ3) is 6.44. The van der Waals surface area contributed by atoms with Gasteiger partial charge in [-0.3, -0.25) is 0 Å². The van der Waals surface area contributed by atoms with E-state index in [0.717, 1.165) is 28.7 Å². The zero-order valence-electron chi connectivity index (χ0n) is 11.1. The molecule has 1 N–H and O–H groups in total. The first kappa shape index (κ1) is 14.2. The van der Waals surface area contributed by atoms with Gasteiger partial charge in [0.15, 0.2) is 5.16 Å². The molecule has 0 saturated carbocycles. The van der Waals surface area contributed by atoms with Crippen molar-refractivity contribution in [2.45, 2.75) is 38.4 Å². The van der Waals surface area contributed by atoms with Crippen molar-refractivity contribution in [2.24, 2.45) is 0 Å². The molecule has 1 heterocycles. The van der Waals surface area contributed by atoms with Gasteiger partial charge in [-0.05, 0) is 33.8 Å². The van der Waals surface area contributed by atoms with Crippen molar-refractivity contribution >= 4 is 11.8 Å². The van der Waals surface area contributed by atoms with E-state index >= 15 is 0 Å². The largest absolute Gasteiger partial charge is 0.308 e. The van der Waals surface area contributed by atoms with Gasteiger partial charge in [0.2, 0.25) is 0 Å². The van der Waals surface area contributed by atoms with Crippen LogP contribution in [0.15, 0.2) is 29.6 Å². The van der Waals surface area contributed by atoms with Gasteiger partial charge in [-0.2, -0.15) is 0 Å². The van der Waals surface area contributed by atoms with E-state index in [1.165, 1.54) is 0 Å². The molecule has 1 aromatic heterocycles. The highest BCUT2D eigenvalue weighted by atomic mass is 32.2. The first-order chi connectivity index (χ1) is 7.87. The van der Waals surface area contributed by atoms with Gasteiger partial charge in [0.05, 0.1) is 0 Å². The summed E-state index contributed by atoms with van der Waals surface area (Å²) in [4.78, 5) is 8.56. The molecule has 0 unspecified atom stereocenters. The SMILES string of the molecule is C=C(CNC(C)(C)C)CSc1nccc(C)n1. The Morgan fingerprint density at radius 1 is 1.47 bits per heavy atom. The van der Waals surface area contributed by atoms with E-state index in [-0.39, 0.29) is 5.54 Å². The summed E-state index contributed by atoms with van der Waals surface area (Å²) < 4.78 is 0. The number of nitrogens with one attached hydrogen (secondary N) is 1. The fourth-order valence-electron chi connectivity index (χ4n) is 1.10. The maximum absolute atomic E-state index is 4.34. The molecule has 3 nitrogen and oxygen atoms in total. The summed E-state index contributed by atoms with van der Waals surface area (Å²) in [6, 6.07) is 1.90. The molecular weight excluding hydrogens is 230 g/mol. The molecule has 0 atom stereocenters. The lowest BCUT2D eigenvalue weighted by atomic mass is 10.1. The highest BCUT2D eigenvalue weighted by Gasteiger charge is 2.09. The van der Waals surface area contributed by atoms with Crippen LogP contribution in [0.2, 0.25) is 0 Å². The van der Waals surface area contributed by atoms with Crippen LogP contribution >= 0.6 is 11.8 Å². The van der Waals surface area contributed by atoms with Gasteiger partial charge >= 0.3 is 0 Å². The predicted molar refractivity (Wildman–Crippen MR) is 74.4 cm³/mol. The molecule has 0 aliphatic rings. The molecule has 0 saturated heterocycles. The third-order valence-corrected chi connectivity index (χ3v) is 3.05. The topological polar surface area (TPSA) is 37.8 Å². The van der Waals surface area contributed by atoms with E-state index in [0.29, 0.717) is 0 Å². The van der Waals surface area contributed by atoms with E-state index in [1.807, 2.05) is 13.0 Å². The number of aryl methyl sites for hydroxylation is 1. The normalized spacial score (nSPS) is 11.5. The van der Waals surface area contributed by atoms with Crippen molar-refractivity contribution in [3.8, 4) is 0 Å². The van der Waals surface area contributed by atoms with E-state index in [4.69, 9.17) is 0 Å². The molecule has 1 aromatic rings. The standard InChI is InChI=1S/C13H21N3S/c1-10(8-15-13(3,4)5)9-17-12-14-7-6-11(2)16-12/h6-7,15H,1,8-9H2,2-5H3. The highest BCUT2D eigenvalue weighted by Crippen LogP contribution is 2.15. The first-order valence-corrected chi connectivity index (χ1v) is 6.69. The van der Waals surface area contributed by atoms with Gasteiger partial charge in [-0.25, -0.2) is 9.97 Å². The Morgan fingerprint density at radius 2 is 2.18 bits per heavy atom. The van der Waals surface area contributed by atoms with Crippen molar-refractivity contribution in [2.75, 3.05) is 12.3 Å². The lowest BCUT2D eigenvalue weighted by Gasteiger charge is -2.21. The van der Waals surface area contributed by atoms with Crippen molar-refractivity contribution in [1.82, 2.24) is 15.3 Å². The molecule has 17 heavy (non-hydrogen) atoms. The second-order valence-corrected chi connectivity index (χ2v) is 6.07. The van der Waals surface area contributed by atoms with Crippen LogP contribution < -0.4 is 5.32 Å². The van der Waals surface area contributed by atoms with Crippen LogP contribution in [0.4, 0.5) is 0 Å². The zero-order chi connectivity index (χ0) is 12.9. The summed E-state index contributed by atoms with van der Waals surface area (Å²) in [7, 11) is 0. The van der Waals surface area contributed by atoms with Crippen LogP contribution in [-0.2, 0) is 0 Å². The molecule has 4 heteroatoms. The average Bonchev–Trinajstić information content (AvgIpc) is 2.23. The summed E-state index contributed by atoms with van der Waals surface area (Å²) in [5.74, 6) is 0.854. The van der Waals surface area contributed by atoms with Gasteiger partial charge in [0.1, 0.15) is 0 Å². The Hall–Kier alpha value is -0.870. The van der Waals surface area contributed by atoms with Crippen molar-refractivity contribution in [3.05, 3.63) is 30.1 Å². The molecule has 0 spiro atoms. The van der Waals surface area contributed by atoms with Gasteiger partial charge in [0, 0.05) is 29.7 Å². The fraction of sp³-hybridized carbons (Fsp3) is 0.538. The van der Waals surface area contributed by atoms with E-state index in [9.17, 15) is 0 Å². The molecule has 0 bridgehead atoms. The average molecular weight is 251 g/mol. The van der Waals surface area contributed by atoms with Crippen LogP contribution in [-0.4, -0.2) is 27.8 Å². The summed E-state index contributed by atoms with van der Waals surface area (Å²) in [5, 5.41) is 4.24. The molecule has 0 radical (unpaired) electrons. The number of hydrogen-bond acceptors (Lipinski definition) is 4. The summed E-state index contributed by atoms with van der Waals surface area (Å²) in [6.45, 7) is 13.3. The van der Waals surface area contributed by atoms with Crippen molar-refractivity contribution < 1.29 is 0 Å². The number of nitrogens with zero attached hydrogens (tertiary/aromatic N) is 2. The van der Waals surface area contributed by atoms with Crippen LogP contribution in [0.25, 0.3) is 0 Å². The van der Waals surface area contributed by atoms with Gasteiger partial charge in [-0.15, -0.1) is 0 Å². The maximum Gasteiger partial charge on any atom is 0.188 e. The lowest BCUT2D eigenvalue weighted by molar-refractivity contribution is 0.445. The molecule has 94 valence electrons. The summed E-state index contributed by atoms with van der Waals surface area (Å²) in [5.41, 5.74) is 2.30. The highest BCUT2D eigenvalue weighted by molar-refractivity contribution is 7.99. The predicted octanol–water partition coefficient (Wildman–Crippen LogP) is 2.82. The molecule has 0 aliphatic carbocycles. The zero-order valence-corrected chi connectivity index (χ0v) is 11.9. The van der Waals surface area contributed by atoms with Crippen LogP contribution in [0, 0.1) is 6.92 Å². The van der Waals surface area contributed by atoms with Gasteiger partial charge < -0.3 is 5.32 Å². The van der Waals surface area contributed by atoms with Crippen LogP contribution in [0.1, 0.15) is 26.5 Å². The Kier molecular flexibility index (Phi) is 5.15. The molecular formula is C13H21N3S. The minimum absolute atomic E-state index is 0.132. The van der Waals surface area contributed by atoms with E-state index in [1.54, 1.807) is 18.0 Å². The van der Waals surface area contributed by atoms with Gasteiger partial charge in [-0.1, -0.05) is 23.9 Å². The third-order valence-electron chi connectivity index (χ3n) is 2.05. The monoisotopic (exact) mass is 251 g/mol. The van der Waals surface area contributed by atoms with E-state index < -0.39 is 0 Å². The summed E-state index contributed by atoms with van der Waals surface area (Å²) >= 11 is 1.63.